The Morgan fingerprint density at radius 1 is 0.900 bits per heavy atom. The summed E-state index contributed by atoms with van der Waals surface area (Å²) >= 11 is 5.86. The molecule has 0 aliphatic rings. The fraction of sp³-hybridized carbons (Fsp3) is 0.0435. The van der Waals surface area contributed by atoms with E-state index in [1.807, 2.05) is 36.4 Å². The van der Waals surface area contributed by atoms with E-state index in [2.05, 4.69) is 20.8 Å². The third-order valence-electron chi connectivity index (χ3n) is 4.53. The molecule has 0 unspecified atom stereocenters. The number of para-hydroxylation sites is 1. The highest BCUT2D eigenvalue weighted by molar-refractivity contribution is 6.30. The molecular formula is C23H17ClN4O2. The van der Waals surface area contributed by atoms with Crippen molar-refractivity contribution in [1.29, 1.82) is 0 Å². The zero-order chi connectivity index (χ0) is 20.9. The van der Waals surface area contributed by atoms with Crippen LogP contribution < -0.4 is 10.9 Å². The fourth-order valence-electron chi connectivity index (χ4n) is 3.06. The Labute approximate surface area is 177 Å². The maximum atomic E-state index is 12.9. The largest absolute Gasteiger partial charge is 0.273 e. The Kier molecular flexibility index (Phi) is 5.68. The predicted molar refractivity (Wildman–Crippen MR) is 116 cm³/mol. The first-order valence-electron chi connectivity index (χ1n) is 9.24. The number of nitrogens with zero attached hydrogens (tertiary/aromatic N) is 2. The van der Waals surface area contributed by atoms with E-state index in [0.717, 1.165) is 11.1 Å². The highest BCUT2D eigenvalue weighted by Gasteiger charge is 2.15. The Bertz CT molecular complexity index is 1210. The molecule has 0 bridgehead atoms. The summed E-state index contributed by atoms with van der Waals surface area (Å²) in [6.45, 7) is 0. The number of halogens is 1. The van der Waals surface area contributed by atoms with Crippen molar-refractivity contribution in [2.24, 2.45) is 0 Å². The van der Waals surface area contributed by atoms with Crippen LogP contribution >= 0.6 is 11.6 Å². The SMILES string of the molecule is O=C(Cc1ccc(Cl)cc1)NNC(=O)c1cc(-c2ccncc2)nc2ccccc12. The summed E-state index contributed by atoms with van der Waals surface area (Å²) in [4.78, 5) is 33.7. The lowest BCUT2D eigenvalue weighted by molar-refractivity contribution is -0.121. The molecule has 0 saturated carbocycles. The van der Waals surface area contributed by atoms with Gasteiger partial charge in [0.15, 0.2) is 0 Å². The van der Waals surface area contributed by atoms with Gasteiger partial charge in [0.1, 0.15) is 0 Å². The van der Waals surface area contributed by atoms with Crippen LogP contribution in [0.1, 0.15) is 15.9 Å². The Hall–Kier alpha value is -3.77. The van der Waals surface area contributed by atoms with E-state index < -0.39 is 5.91 Å². The minimum atomic E-state index is -0.423. The van der Waals surface area contributed by atoms with E-state index in [4.69, 9.17) is 11.6 Å². The van der Waals surface area contributed by atoms with Gasteiger partial charge in [-0.2, -0.15) is 0 Å². The summed E-state index contributed by atoms with van der Waals surface area (Å²) in [6, 6.07) is 19.7. The second-order valence-electron chi connectivity index (χ2n) is 6.61. The maximum Gasteiger partial charge on any atom is 0.270 e. The van der Waals surface area contributed by atoms with E-state index in [1.54, 1.807) is 42.7 Å². The number of rotatable bonds is 4. The molecule has 0 aliphatic carbocycles. The molecule has 2 amide bonds. The first-order chi connectivity index (χ1) is 14.6. The Morgan fingerprint density at radius 3 is 2.40 bits per heavy atom. The summed E-state index contributed by atoms with van der Waals surface area (Å²) in [5.41, 5.74) is 8.35. The monoisotopic (exact) mass is 416 g/mol. The van der Waals surface area contributed by atoms with Crippen molar-refractivity contribution in [3.63, 3.8) is 0 Å². The lowest BCUT2D eigenvalue weighted by Crippen LogP contribution is -2.42. The molecule has 7 heteroatoms. The standard InChI is InChI=1S/C23H17ClN4O2/c24-17-7-5-15(6-8-17)13-22(29)27-28-23(30)19-14-21(16-9-11-25-12-10-16)26-20-4-2-1-3-18(19)20/h1-12,14H,13H2,(H,27,29)(H,28,30). The van der Waals surface area contributed by atoms with Gasteiger partial charge in [-0.3, -0.25) is 25.4 Å². The van der Waals surface area contributed by atoms with Crippen LogP contribution in [-0.4, -0.2) is 21.8 Å². The zero-order valence-corrected chi connectivity index (χ0v) is 16.6. The van der Waals surface area contributed by atoms with Crippen LogP contribution in [0.3, 0.4) is 0 Å². The predicted octanol–water partition coefficient (Wildman–Crippen LogP) is 3.95. The number of benzene rings is 2. The summed E-state index contributed by atoms with van der Waals surface area (Å²) in [5, 5.41) is 1.29. The number of hydrazine groups is 1. The zero-order valence-electron chi connectivity index (χ0n) is 15.8. The first kappa shape index (κ1) is 19.5. The van der Waals surface area contributed by atoms with Gasteiger partial charge in [-0.15, -0.1) is 0 Å². The molecule has 6 nitrogen and oxygen atoms in total. The van der Waals surface area contributed by atoms with Crippen molar-refractivity contribution >= 4 is 34.3 Å². The average Bonchev–Trinajstić information content (AvgIpc) is 2.79. The molecule has 0 saturated heterocycles. The lowest BCUT2D eigenvalue weighted by Gasteiger charge is -2.11. The Morgan fingerprint density at radius 2 is 1.63 bits per heavy atom. The molecule has 2 aromatic heterocycles. The van der Waals surface area contributed by atoms with Crippen LogP contribution in [-0.2, 0) is 11.2 Å². The molecular weight excluding hydrogens is 400 g/mol. The number of carbonyl (C=O) groups excluding carboxylic acids is 2. The molecule has 0 radical (unpaired) electrons. The van der Waals surface area contributed by atoms with Crippen LogP contribution in [0.25, 0.3) is 22.2 Å². The minimum absolute atomic E-state index is 0.122. The molecule has 2 heterocycles. The molecule has 0 spiro atoms. The lowest BCUT2D eigenvalue weighted by atomic mass is 10.0. The number of fused-ring (bicyclic) bond motifs is 1. The highest BCUT2D eigenvalue weighted by Crippen LogP contribution is 2.24. The number of aromatic nitrogens is 2. The second-order valence-corrected chi connectivity index (χ2v) is 7.05. The van der Waals surface area contributed by atoms with Gasteiger partial charge in [0.05, 0.1) is 23.2 Å². The second kappa shape index (κ2) is 8.71. The number of nitrogens with one attached hydrogen (secondary N) is 2. The topological polar surface area (TPSA) is 84.0 Å². The van der Waals surface area contributed by atoms with Crippen LogP contribution in [0.15, 0.2) is 79.1 Å². The van der Waals surface area contributed by atoms with Gasteiger partial charge < -0.3 is 0 Å². The highest BCUT2D eigenvalue weighted by atomic mass is 35.5. The van der Waals surface area contributed by atoms with Gasteiger partial charge in [0.2, 0.25) is 5.91 Å². The summed E-state index contributed by atoms with van der Waals surface area (Å²) in [6.07, 6.45) is 3.46. The van der Waals surface area contributed by atoms with Gasteiger partial charge in [0, 0.05) is 28.4 Å². The number of hydrogen-bond donors (Lipinski definition) is 2. The minimum Gasteiger partial charge on any atom is -0.273 e. The number of pyridine rings is 2. The van der Waals surface area contributed by atoms with Crippen LogP contribution in [0.4, 0.5) is 0 Å². The Balaban J connectivity index is 1.55. The number of carbonyl (C=O) groups is 2. The molecule has 30 heavy (non-hydrogen) atoms. The normalized spacial score (nSPS) is 10.6. The molecule has 0 aliphatic heterocycles. The van der Waals surface area contributed by atoms with E-state index in [9.17, 15) is 9.59 Å². The van der Waals surface area contributed by atoms with E-state index in [0.29, 0.717) is 27.2 Å². The van der Waals surface area contributed by atoms with Crippen molar-refractivity contribution in [3.05, 3.63) is 95.3 Å². The summed E-state index contributed by atoms with van der Waals surface area (Å²) < 4.78 is 0. The molecule has 148 valence electrons. The van der Waals surface area contributed by atoms with Gasteiger partial charge in [-0.1, -0.05) is 41.9 Å². The third kappa shape index (κ3) is 4.45. The summed E-state index contributed by atoms with van der Waals surface area (Å²) in [7, 11) is 0. The molecule has 0 fully saturated rings. The summed E-state index contributed by atoms with van der Waals surface area (Å²) in [5.74, 6) is -0.758. The molecule has 0 atom stereocenters. The third-order valence-corrected chi connectivity index (χ3v) is 4.78. The smallest absolute Gasteiger partial charge is 0.270 e. The van der Waals surface area contributed by atoms with E-state index >= 15 is 0 Å². The molecule has 4 rings (SSSR count). The number of amides is 2. The van der Waals surface area contributed by atoms with E-state index in [1.165, 1.54) is 0 Å². The van der Waals surface area contributed by atoms with Crippen LogP contribution in [0, 0.1) is 0 Å². The maximum absolute atomic E-state index is 12.9. The van der Waals surface area contributed by atoms with Gasteiger partial charge in [-0.25, -0.2) is 4.98 Å². The van der Waals surface area contributed by atoms with Crippen molar-refractivity contribution in [2.75, 3.05) is 0 Å². The van der Waals surface area contributed by atoms with Crippen molar-refractivity contribution in [3.8, 4) is 11.3 Å². The van der Waals surface area contributed by atoms with Crippen LogP contribution in [0.2, 0.25) is 5.02 Å². The average molecular weight is 417 g/mol. The van der Waals surface area contributed by atoms with Crippen molar-refractivity contribution in [1.82, 2.24) is 20.8 Å². The van der Waals surface area contributed by atoms with Crippen molar-refractivity contribution < 1.29 is 9.59 Å². The van der Waals surface area contributed by atoms with Crippen LogP contribution in [0.5, 0.6) is 0 Å². The molecule has 2 aromatic carbocycles. The molecule has 2 N–H and O–H groups in total. The van der Waals surface area contributed by atoms with Gasteiger partial charge in [-0.05, 0) is 42.0 Å². The van der Waals surface area contributed by atoms with Crippen molar-refractivity contribution in [2.45, 2.75) is 6.42 Å². The molecule has 4 aromatic rings. The number of hydrogen-bond acceptors (Lipinski definition) is 4. The first-order valence-corrected chi connectivity index (χ1v) is 9.62. The fourth-order valence-corrected chi connectivity index (χ4v) is 3.19. The van der Waals surface area contributed by atoms with E-state index in [-0.39, 0.29) is 12.3 Å². The van der Waals surface area contributed by atoms with Gasteiger partial charge in [0.25, 0.3) is 5.91 Å². The van der Waals surface area contributed by atoms with Gasteiger partial charge >= 0.3 is 0 Å². The quantitative estimate of drug-likeness (QED) is 0.493.